The van der Waals surface area contributed by atoms with Crippen LogP contribution in [0.25, 0.3) is 0 Å². The number of benzene rings is 1. The molecule has 0 spiro atoms. The van der Waals surface area contributed by atoms with E-state index in [2.05, 4.69) is 10.3 Å². The molecule has 34 heavy (non-hydrogen) atoms. The molecule has 1 N–H and O–H groups in total. The van der Waals surface area contributed by atoms with Crippen molar-refractivity contribution in [2.45, 2.75) is 68.1 Å². The zero-order valence-corrected chi connectivity index (χ0v) is 19.7. The molecule has 6 nitrogen and oxygen atoms in total. The maximum Gasteiger partial charge on any atom is 0.244 e. The lowest BCUT2D eigenvalue weighted by Crippen LogP contribution is -2.44. The first-order valence-corrected chi connectivity index (χ1v) is 12.9. The third kappa shape index (κ3) is 5.04. The van der Waals surface area contributed by atoms with Gasteiger partial charge in [0.05, 0.1) is 23.2 Å². The molecular formula is C24H28F3N3O3S. The lowest BCUT2D eigenvalue weighted by atomic mass is 9.92. The Balaban J connectivity index is 1.51. The molecule has 1 aromatic carbocycles. The van der Waals surface area contributed by atoms with Gasteiger partial charge in [-0.05, 0) is 75.2 Å². The average molecular weight is 496 g/mol. The minimum Gasteiger partial charge on any atom is -0.317 e. The summed E-state index contributed by atoms with van der Waals surface area (Å²) in [6.07, 6.45) is 1.10. The van der Waals surface area contributed by atoms with Gasteiger partial charge >= 0.3 is 0 Å². The highest BCUT2D eigenvalue weighted by atomic mass is 32.2. The summed E-state index contributed by atoms with van der Waals surface area (Å²) in [5.41, 5.74) is 1.12. The third-order valence-corrected chi connectivity index (χ3v) is 8.81. The van der Waals surface area contributed by atoms with E-state index < -0.39 is 45.7 Å². The van der Waals surface area contributed by atoms with Crippen molar-refractivity contribution < 1.29 is 26.4 Å². The molecule has 2 fully saturated rings. The zero-order chi connectivity index (χ0) is 24.5. The van der Waals surface area contributed by atoms with Crippen LogP contribution in [0.3, 0.4) is 0 Å². The van der Waals surface area contributed by atoms with Crippen molar-refractivity contribution >= 4 is 15.8 Å². The van der Waals surface area contributed by atoms with Crippen LogP contribution < -0.4 is 5.32 Å². The number of halogens is 3. The number of carbonyl (C=O) groups excluding carboxylic acids is 1. The summed E-state index contributed by atoms with van der Waals surface area (Å²) in [6.45, 7) is 3.13. The zero-order valence-electron chi connectivity index (χ0n) is 18.9. The molecule has 0 radical (unpaired) electrons. The number of carbonyl (C=O) groups is 1. The minimum atomic E-state index is -4.23. The Morgan fingerprint density at radius 2 is 1.85 bits per heavy atom. The number of piperidine rings is 1. The molecule has 0 aliphatic carbocycles. The number of hydrogen-bond donors (Lipinski definition) is 1. The molecule has 2 saturated heterocycles. The van der Waals surface area contributed by atoms with Crippen molar-refractivity contribution in [2.24, 2.45) is 0 Å². The SMILES string of the molecule is C[C@H]1[C@H](F)C[C@@H](C(=O)CCc2cc(C3CCNCC3)ncc2F)N1S(=O)(=O)c1ccc(F)cc1. The molecule has 2 aromatic rings. The normalized spacial score (nSPS) is 24.4. The largest absolute Gasteiger partial charge is 0.317 e. The third-order valence-electron chi connectivity index (χ3n) is 6.80. The van der Waals surface area contributed by atoms with E-state index in [4.69, 9.17) is 0 Å². The molecule has 1 aromatic heterocycles. The van der Waals surface area contributed by atoms with Crippen LogP contribution in [0.1, 0.15) is 49.8 Å². The molecule has 10 heteroatoms. The molecule has 4 rings (SSSR count). The van der Waals surface area contributed by atoms with Crippen molar-refractivity contribution in [1.29, 1.82) is 0 Å². The Kier molecular flexibility index (Phi) is 7.39. The number of ketones is 1. The second kappa shape index (κ2) is 10.1. The van der Waals surface area contributed by atoms with Gasteiger partial charge in [-0.2, -0.15) is 4.31 Å². The standard InChI is InChI=1S/C24H28F3N3O3S/c1-15-20(26)13-23(30(15)34(32,33)19-5-3-18(25)4-6-19)24(31)7-2-17-12-22(29-14-21(17)27)16-8-10-28-11-9-16/h3-6,12,14-16,20,23,28H,2,7-11,13H2,1H3/t15-,20+,23-/m0/s1. The van der Waals surface area contributed by atoms with Crippen LogP contribution in [0, 0.1) is 11.6 Å². The van der Waals surface area contributed by atoms with E-state index in [1.54, 1.807) is 6.07 Å². The van der Waals surface area contributed by atoms with Crippen molar-refractivity contribution in [3.8, 4) is 0 Å². The van der Waals surface area contributed by atoms with Crippen LogP contribution in [0.4, 0.5) is 13.2 Å². The van der Waals surface area contributed by atoms with Crippen molar-refractivity contribution in [1.82, 2.24) is 14.6 Å². The molecule has 3 atom stereocenters. The predicted octanol–water partition coefficient (Wildman–Crippen LogP) is 3.52. The minimum absolute atomic E-state index is 0.0669. The van der Waals surface area contributed by atoms with Gasteiger partial charge in [-0.1, -0.05) is 0 Å². The molecule has 0 bridgehead atoms. The van der Waals surface area contributed by atoms with E-state index in [1.165, 1.54) is 6.92 Å². The maximum atomic E-state index is 14.6. The van der Waals surface area contributed by atoms with Crippen LogP contribution in [0.5, 0.6) is 0 Å². The van der Waals surface area contributed by atoms with Gasteiger partial charge in [-0.3, -0.25) is 9.78 Å². The van der Waals surface area contributed by atoms with Crippen molar-refractivity contribution in [3.05, 3.63) is 59.4 Å². The summed E-state index contributed by atoms with van der Waals surface area (Å²) >= 11 is 0. The van der Waals surface area contributed by atoms with Gasteiger partial charge < -0.3 is 5.32 Å². The van der Waals surface area contributed by atoms with Crippen LogP contribution in [0.2, 0.25) is 0 Å². The molecule has 2 aliphatic heterocycles. The van der Waals surface area contributed by atoms with Crippen LogP contribution in [-0.2, 0) is 21.2 Å². The number of alkyl halides is 1. The monoisotopic (exact) mass is 495 g/mol. The van der Waals surface area contributed by atoms with Gasteiger partial charge in [0.2, 0.25) is 10.0 Å². The van der Waals surface area contributed by atoms with Crippen LogP contribution in [0.15, 0.2) is 41.4 Å². The van der Waals surface area contributed by atoms with E-state index in [0.29, 0.717) is 5.56 Å². The Bertz CT molecular complexity index is 1140. The second-order valence-corrected chi connectivity index (χ2v) is 10.8. The molecule has 0 unspecified atom stereocenters. The van der Waals surface area contributed by atoms with Gasteiger partial charge in [0.15, 0.2) is 5.78 Å². The Morgan fingerprint density at radius 1 is 1.18 bits per heavy atom. The molecular weight excluding hydrogens is 467 g/mol. The van der Waals surface area contributed by atoms with E-state index in [0.717, 1.165) is 66.4 Å². The Hall–Kier alpha value is -2.30. The first-order chi connectivity index (χ1) is 16.2. The van der Waals surface area contributed by atoms with Crippen LogP contribution >= 0.6 is 0 Å². The van der Waals surface area contributed by atoms with E-state index in [-0.39, 0.29) is 30.1 Å². The fourth-order valence-electron chi connectivity index (χ4n) is 4.80. The number of rotatable bonds is 7. The van der Waals surface area contributed by atoms with Gasteiger partial charge in [0, 0.05) is 24.5 Å². The summed E-state index contributed by atoms with van der Waals surface area (Å²) in [7, 11) is -4.23. The lowest BCUT2D eigenvalue weighted by molar-refractivity contribution is -0.122. The Labute approximate surface area is 197 Å². The highest BCUT2D eigenvalue weighted by Gasteiger charge is 2.48. The van der Waals surface area contributed by atoms with Crippen molar-refractivity contribution in [2.75, 3.05) is 13.1 Å². The molecule has 3 heterocycles. The maximum absolute atomic E-state index is 14.6. The number of sulfonamides is 1. The first kappa shape index (κ1) is 24.8. The quantitative estimate of drug-likeness (QED) is 0.636. The van der Waals surface area contributed by atoms with Gasteiger partial charge in [0.1, 0.15) is 17.8 Å². The van der Waals surface area contributed by atoms with Gasteiger partial charge in [-0.25, -0.2) is 21.6 Å². The summed E-state index contributed by atoms with van der Waals surface area (Å²) in [6, 6.07) is 3.63. The summed E-state index contributed by atoms with van der Waals surface area (Å²) in [5, 5.41) is 3.27. The lowest BCUT2D eigenvalue weighted by Gasteiger charge is -2.27. The number of hydrogen-bond acceptors (Lipinski definition) is 5. The van der Waals surface area contributed by atoms with E-state index >= 15 is 0 Å². The molecule has 184 valence electrons. The molecule has 2 aliphatic rings. The first-order valence-electron chi connectivity index (χ1n) is 11.5. The van der Waals surface area contributed by atoms with Crippen LogP contribution in [-0.4, -0.2) is 54.8 Å². The average Bonchev–Trinajstić information content (AvgIpc) is 3.14. The number of aromatic nitrogens is 1. The smallest absolute Gasteiger partial charge is 0.244 e. The topological polar surface area (TPSA) is 79.4 Å². The van der Waals surface area contributed by atoms with E-state index in [9.17, 15) is 26.4 Å². The number of aryl methyl sites for hydroxylation is 1. The second-order valence-electron chi connectivity index (χ2n) is 8.99. The number of Topliss-reactive ketones (excluding diaryl/α,β-unsaturated/α-hetero) is 1. The van der Waals surface area contributed by atoms with Gasteiger partial charge in [0.25, 0.3) is 0 Å². The van der Waals surface area contributed by atoms with E-state index in [1.807, 2.05) is 0 Å². The van der Waals surface area contributed by atoms with Crippen molar-refractivity contribution in [3.63, 3.8) is 0 Å². The highest BCUT2D eigenvalue weighted by molar-refractivity contribution is 7.89. The molecule has 0 amide bonds. The Morgan fingerprint density at radius 3 is 2.53 bits per heavy atom. The molecule has 0 saturated carbocycles. The highest BCUT2D eigenvalue weighted by Crippen LogP contribution is 2.34. The summed E-state index contributed by atoms with van der Waals surface area (Å²) in [5.74, 6) is -1.38. The van der Waals surface area contributed by atoms with Gasteiger partial charge in [-0.15, -0.1) is 0 Å². The fraction of sp³-hybridized carbons (Fsp3) is 0.500. The number of pyridine rings is 1. The fourth-order valence-corrected chi connectivity index (χ4v) is 6.63. The number of nitrogens with one attached hydrogen (secondary N) is 1. The summed E-state index contributed by atoms with van der Waals surface area (Å²) in [4.78, 5) is 17.1. The summed E-state index contributed by atoms with van der Waals surface area (Å²) < 4.78 is 69.5. The predicted molar refractivity (Wildman–Crippen MR) is 121 cm³/mol. The number of nitrogens with zero attached hydrogens (tertiary/aromatic N) is 2.